The first-order valence-electron chi connectivity index (χ1n) is 7.03. The monoisotopic (exact) mass is 282 g/mol. The van der Waals surface area contributed by atoms with Crippen LogP contribution in [0.1, 0.15) is 33.0 Å². The number of carbonyl (C=O) groups is 1. The van der Waals surface area contributed by atoms with E-state index in [4.69, 9.17) is 9.47 Å². The van der Waals surface area contributed by atoms with Crippen LogP contribution >= 0.6 is 0 Å². The van der Waals surface area contributed by atoms with Crippen LogP contribution in [-0.2, 0) is 0 Å². The Kier molecular flexibility index (Phi) is 3.42. The van der Waals surface area contributed by atoms with Crippen molar-refractivity contribution in [3.8, 4) is 11.5 Å². The minimum atomic E-state index is -0.215. The number of aryl methyl sites for hydroxylation is 2. The standard InChI is InChI=1S/C18H18O3/c1-11-9-17(20-3)12(2)8-14(11)18(19)15-10-21-16-7-5-4-6-13(15)16/h4-9,15H,10H2,1-3H3. The SMILES string of the molecule is COc1cc(C)c(C(=O)C2COc3ccccc32)cc1C. The molecule has 0 N–H and O–H groups in total. The second kappa shape index (κ2) is 5.24. The quantitative estimate of drug-likeness (QED) is 0.806. The molecule has 3 rings (SSSR count). The lowest BCUT2D eigenvalue weighted by atomic mass is 9.89. The first-order chi connectivity index (χ1) is 10.1. The van der Waals surface area contributed by atoms with E-state index in [1.54, 1.807) is 7.11 Å². The molecule has 2 aromatic rings. The van der Waals surface area contributed by atoms with Crippen LogP contribution in [0.5, 0.6) is 11.5 Å². The second-order valence-corrected chi connectivity index (χ2v) is 5.40. The molecule has 3 heteroatoms. The molecule has 0 fully saturated rings. The van der Waals surface area contributed by atoms with E-state index in [-0.39, 0.29) is 11.7 Å². The molecule has 1 heterocycles. The summed E-state index contributed by atoms with van der Waals surface area (Å²) >= 11 is 0. The van der Waals surface area contributed by atoms with Crippen molar-refractivity contribution in [3.63, 3.8) is 0 Å². The van der Waals surface area contributed by atoms with Gasteiger partial charge in [-0.1, -0.05) is 18.2 Å². The van der Waals surface area contributed by atoms with Crippen LogP contribution in [-0.4, -0.2) is 19.5 Å². The molecule has 1 aliphatic rings. The number of methoxy groups -OCH3 is 1. The number of hydrogen-bond donors (Lipinski definition) is 0. The summed E-state index contributed by atoms with van der Waals surface area (Å²) in [7, 11) is 1.64. The number of rotatable bonds is 3. The van der Waals surface area contributed by atoms with Crippen molar-refractivity contribution >= 4 is 5.78 Å². The van der Waals surface area contributed by atoms with Gasteiger partial charge in [-0.3, -0.25) is 4.79 Å². The van der Waals surface area contributed by atoms with Crippen molar-refractivity contribution < 1.29 is 14.3 Å². The molecule has 0 amide bonds. The molecule has 1 unspecified atom stereocenters. The summed E-state index contributed by atoms with van der Waals surface area (Å²) in [6, 6.07) is 11.6. The lowest BCUT2D eigenvalue weighted by Crippen LogP contribution is -2.15. The molecule has 0 spiro atoms. The van der Waals surface area contributed by atoms with E-state index in [0.717, 1.165) is 33.8 Å². The van der Waals surface area contributed by atoms with Crippen molar-refractivity contribution in [2.45, 2.75) is 19.8 Å². The highest BCUT2D eigenvalue weighted by Crippen LogP contribution is 2.36. The summed E-state index contributed by atoms with van der Waals surface area (Å²) in [5.41, 5.74) is 3.64. The van der Waals surface area contributed by atoms with Crippen LogP contribution in [0.4, 0.5) is 0 Å². The zero-order valence-electron chi connectivity index (χ0n) is 12.5. The number of carbonyl (C=O) groups excluding carboxylic acids is 1. The fraction of sp³-hybridized carbons (Fsp3) is 0.278. The van der Waals surface area contributed by atoms with Gasteiger partial charge in [-0.15, -0.1) is 0 Å². The van der Waals surface area contributed by atoms with E-state index in [0.29, 0.717) is 6.61 Å². The first kappa shape index (κ1) is 13.7. The molecular formula is C18H18O3. The van der Waals surface area contributed by atoms with Crippen LogP contribution in [0.25, 0.3) is 0 Å². The molecular weight excluding hydrogens is 264 g/mol. The summed E-state index contributed by atoms with van der Waals surface area (Å²) in [5, 5.41) is 0. The molecule has 1 aliphatic heterocycles. The first-order valence-corrected chi connectivity index (χ1v) is 7.03. The molecule has 0 saturated carbocycles. The molecule has 0 radical (unpaired) electrons. The van der Waals surface area contributed by atoms with E-state index in [1.165, 1.54) is 0 Å². The van der Waals surface area contributed by atoms with Crippen molar-refractivity contribution in [3.05, 3.63) is 58.7 Å². The van der Waals surface area contributed by atoms with Gasteiger partial charge in [0.1, 0.15) is 18.1 Å². The Morgan fingerprint density at radius 2 is 1.95 bits per heavy atom. The highest BCUT2D eigenvalue weighted by Gasteiger charge is 2.31. The van der Waals surface area contributed by atoms with Gasteiger partial charge in [0.2, 0.25) is 0 Å². The number of hydrogen-bond acceptors (Lipinski definition) is 3. The zero-order valence-corrected chi connectivity index (χ0v) is 12.5. The minimum absolute atomic E-state index is 0.114. The molecule has 0 aromatic heterocycles. The molecule has 0 saturated heterocycles. The third-order valence-corrected chi connectivity index (χ3v) is 4.02. The molecule has 3 nitrogen and oxygen atoms in total. The highest BCUT2D eigenvalue weighted by molar-refractivity contribution is 6.03. The summed E-state index contributed by atoms with van der Waals surface area (Å²) < 4.78 is 10.9. The zero-order chi connectivity index (χ0) is 15.0. The Morgan fingerprint density at radius 3 is 2.71 bits per heavy atom. The van der Waals surface area contributed by atoms with Crippen molar-refractivity contribution in [2.75, 3.05) is 13.7 Å². The normalized spacial score (nSPS) is 16.2. The van der Waals surface area contributed by atoms with E-state index >= 15 is 0 Å². The maximum Gasteiger partial charge on any atom is 0.174 e. The average molecular weight is 282 g/mol. The summed E-state index contributed by atoms with van der Waals surface area (Å²) in [5.74, 6) is 1.53. The molecule has 0 bridgehead atoms. The van der Waals surface area contributed by atoms with Crippen molar-refractivity contribution in [1.82, 2.24) is 0 Å². The van der Waals surface area contributed by atoms with Crippen LogP contribution in [0.2, 0.25) is 0 Å². The largest absolute Gasteiger partial charge is 0.496 e. The fourth-order valence-corrected chi connectivity index (χ4v) is 2.84. The number of benzene rings is 2. The van der Waals surface area contributed by atoms with Gasteiger partial charge in [-0.2, -0.15) is 0 Å². The van der Waals surface area contributed by atoms with Crippen molar-refractivity contribution in [2.24, 2.45) is 0 Å². The predicted molar refractivity (Wildman–Crippen MR) is 81.5 cm³/mol. The maximum atomic E-state index is 12.9. The second-order valence-electron chi connectivity index (χ2n) is 5.40. The van der Waals surface area contributed by atoms with Crippen LogP contribution < -0.4 is 9.47 Å². The van der Waals surface area contributed by atoms with Gasteiger partial charge in [0, 0.05) is 11.1 Å². The maximum absolute atomic E-state index is 12.9. The number of fused-ring (bicyclic) bond motifs is 1. The number of ether oxygens (including phenoxy) is 2. The van der Waals surface area contributed by atoms with Crippen molar-refractivity contribution in [1.29, 1.82) is 0 Å². The Bertz CT molecular complexity index is 704. The number of ketones is 1. The Hall–Kier alpha value is -2.29. The minimum Gasteiger partial charge on any atom is -0.496 e. The number of para-hydroxylation sites is 1. The third kappa shape index (κ3) is 2.29. The smallest absolute Gasteiger partial charge is 0.174 e. The Labute approximate surface area is 124 Å². The van der Waals surface area contributed by atoms with E-state index < -0.39 is 0 Å². The Morgan fingerprint density at radius 1 is 1.19 bits per heavy atom. The number of Topliss-reactive ketones (excluding diaryl/α,β-unsaturated/α-hetero) is 1. The van der Waals surface area contributed by atoms with Gasteiger partial charge >= 0.3 is 0 Å². The van der Waals surface area contributed by atoms with Gasteiger partial charge in [-0.25, -0.2) is 0 Å². The molecule has 21 heavy (non-hydrogen) atoms. The van der Waals surface area contributed by atoms with Gasteiger partial charge < -0.3 is 9.47 Å². The summed E-state index contributed by atoms with van der Waals surface area (Å²) in [6.45, 7) is 4.31. The molecule has 108 valence electrons. The third-order valence-electron chi connectivity index (χ3n) is 4.02. The van der Waals surface area contributed by atoms with E-state index in [2.05, 4.69) is 0 Å². The van der Waals surface area contributed by atoms with Gasteiger partial charge in [0.25, 0.3) is 0 Å². The average Bonchev–Trinajstić information content (AvgIpc) is 2.92. The topological polar surface area (TPSA) is 35.5 Å². The molecule has 0 aliphatic carbocycles. The van der Waals surface area contributed by atoms with Gasteiger partial charge in [0.15, 0.2) is 5.78 Å². The van der Waals surface area contributed by atoms with Gasteiger partial charge in [0.05, 0.1) is 13.0 Å². The summed E-state index contributed by atoms with van der Waals surface area (Å²) in [4.78, 5) is 12.9. The lowest BCUT2D eigenvalue weighted by molar-refractivity contribution is 0.0946. The highest BCUT2D eigenvalue weighted by atomic mass is 16.5. The van der Waals surface area contributed by atoms with Gasteiger partial charge in [-0.05, 0) is 43.2 Å². The van der Waals surface area contributed by atoms with Crippen LogP contribution in [0, 0.1) is 13.8 Å². The molecule has 1 atom stereocenters. The van der Waals surface area contributed by atoms with Crippen LogP contribution in [0.3, 0.4) is 0 Å². The summed E-state index contributed by atoms with van der Waals surface area (Å²) in [6.07, 6.45) is 0. The lowest BCUT2D eigenvalue weighted by Gasteiger charge is -2.13. The van der Waals surface area contributed by atoms with E-state index in [1.807, 2.05) is 50.2 Å². The van der Waals surface area contributed by atoms with E-state index in [9.17, 15) is 4.79 Å². The fourth-order valence-electron chi connectivity index (χ4n) is 2.84. The molecule has 2 aromatic carbocycles. The predicted octanol–water partition coefficient (Wildman–Crippen LogP) is 3.67. The Balaban J connectivity index is 1.99. The van der Waals surface area contributed by atoms with Crippen LogP contribution in [0.15, 0.2) is 36.4 Å².